The van der Waals surface area contributed by atoms with Gasteiger partial charge in [-0.2, -0.15) is 0 Å². The zero-order valence-corrected chi connectivity index (χ0v) is 12.6. The van der Waals surface area contributed by atoms with Gasteiger partial charge in [0.05, 0.1) is 6.61 Å². The Kier molecular flexibility index (Phi) is 5.20. The molecule has 0 aromatic rings. The predicted octanol–water partition coefficient (Wildman–Crippen LogP) is 2.96. The van der Waals surface area contributed by atoms with Crippen molar-refractivity contribution in [3.63, 3.8) is 0 Å². The number of ether oxygens (including phenoxy) is 1. The quantitative estimate of drug-likeness (QED) is 0.704. The van der Waals surface area contributed by atoms with Gasteiger partial charge in [0.2, 0.25) is 0 Å². The van der Waals surface area contributed by atoms with Gasteiger partial charge in [0.1, 0.15) is 6.04 Å². The van der Waals surface area contributed by atoms with E-state index >= 15 is 0 Å². The van der Waals surface area contributed by atoms with Gasteiger partial charge in [-0.3, -0.25) is 0 Å². The molecule has 0 radical (unpaired) electrons. The topological polar surface area (TPSA) is 75.6 Å². The average Bonchev–Trinajstić information content (AvgIpc) is 3.10. The molecule has 0 saturated heterocycles. The number of aliphatic carboxylic acids is 1. The van der Waals surface area contributed by atoms with E-state index in [2.05, 4.69) is 11.9 Å². The Morgan fingerprint density at radius 2 is 2.05 bits per heavy atom. The van der Waals surface area contributed by atoms with Crippen molar-refractivity contribution in [3.05, 3.63) is 12.7 Å². The molecule has 0 unspecified atom stereocenters. The summed E-state index contributed by atoms with van der Waals surface area (Å²) in [5, 5.41) is 11.6. The number of rotatable bonds is 7. The number of allylic oxidation sites excluding steroid dienone is 1. The van der Waals surface area contributed by atoms with Crippen LogP contribution in [0.25, 0.3) is 0 Å². The molecule has 5 heteroatoms. The first-order valence-electron chi connectivity index (χ1n) is 6.97. The Morgan fingerprint density at radius 3 is 2.45 bits per heavy atom. The van der Waals surface area contributed by atoms with Gasteiger partial charge >= 0.3 is 12.1 Å². The second-order valence-corrected chi connectivity index (χ2v) is 6.69. The number of hydrogen-bond donors (Lipinski definition) is 2. The highest BCUT2D eigenvalue weighted by Crippen LogP contribution is 2.49. The van der Waals surface area contributed by atoms with E-state index in [0.29, 0.717) is 6.61 Å². The van der Waals surface area contributed by atoms with Crippen LogP contribution in [0.15, 0.2) is 12.7 Å². The molecule has 2 N–H and O–H groups in total. The summed E-state index contributed by atoms with van der Waals surface area (Å²) in [7, 11) is 0. The largest absolute Gasteiger partial charge is 0.480 e. The predicted molar refractivity (Wildman–Crippen MR) is 76.5 cm³/mol. The van der Waals surface area contributed by atoms with Gasteiger partial charge in [0, 0.05) is 5.41 Å². The minimum Gasteiger partial charge on any atom is -0.480 e. The van der Waals surface area contributed by atoms with Crippen molar-refractivity contribution in [3.8, 4) is 0 Å². The Labute approximate surface area is 120 Å². The smallest absolute Gasteiger partial charge is 0.407 e. The number of carbonyl (C=O) groups excluding carboxylic acids is 1. The number of hydrogen-bond acceptors (Lipinski definition) is 3. The molecule has 0 aromatic carbocycles. The average molecular weight is 283 g/mol. The van der Waals surface area contributed by atoms with E-state index in [1.807, 2.05) is 6.08 Å². The van der Waals surface area contributed by atoms with Crippen LogP contribution in [0.1, 0.15) is 46.5 Å². The first-order valence-corrected chi connectivity index (χ1v) is 6.97. The first kappa shape index (κ1) is 16.5. The van der Waals surface area contributed by atoms with E-state index < -0.39 is 23.5 Å². The lowest BCUT2D eigenvalue weighted by molar-refractivity contribution is -0.142. The van der Waals surface area contributed by atoms with E-state index in [9.17, 15) is 9.59 Å². The molecule has 1 aliphatic rings. The Balaban J connectivity index is 2.43. The highest BCUT2D eigenvalue weighted by atomic mass is 16.5. The molecule has 0 aliphatic heterocycles. The molecule has 5 nitrogen and oxygen atoms in total. The second-order valence-electron chi connectivity index (χ2n) is 6.69. The van der Waals surface area contributed by atoms with Crippen molar-refractivity contribution in [2.45, 2.75) is 52.5 Å². The van der Waals surface area contributed by atoms with Gasteiger partial charge in [-0.15, -0.1) is 6.58 Å². The van der Waals surface area contributed by atoms with Gasteiger partial charge in [0.15, 0.2) is 0 Å². The third-order valence-corrected chi connectivity index (χ3v) is 3.72. The van der Waals surface area contributed by atoms with E-state index in [1.165, 1.54) is 0 Å². The summed E-state index contributed by atoms with van der Waals surface area (Å²) in [5.74, 6) is -1.05. The molecular formula is C15H25NO4. The third-order valence-electron chi connectivity index (χ3n) is 3.72. The van der Waals surface area contributed by atoms with Crippen molar-refractivity contribution >= 4 is 12.1 Å². The maximum absolute atomic E-state index is 11.7. The second kappa shape index (κ2) is 6.29. The van der Waals surface area contributed by atoms with Crippen molar-refractivity contribution in [1.29, 1.82) is 0 Å². The molecule has 1 rings (SSSR count). The highest BCUT2D eigenvalue weighted by molar-refractivity contribution is 5.80. The van der Waals surface area contributed by atoms with Crippen molar-refractivity contribution in [2.24, 2.45) is 10.8 Å². The fraction of sp³-hybridized carbons (Fsp3) is 0.733. The molecule has 0 heterocycles. The molecule has 1 aliphatic carbocycles. The summed E-state index contributed by atoms with van der Waals surface area (Å²) < 4.78 is 5.19. The van der Waals surface area contributed by atoms with Crippen LogP contribution in [-0.2, 0) is 9.53 Å². The summed E-state index contributed by atoms with van der Waals surface area (Å²) in [6, 6.07) is -0.960. The zero-order valence-electron chi connectivity index (χ0n) is 12.6. The summed E-state index contributed by atoms with van der Waals surface area (Å²) in [4.78, 5) is 22.9. The van der Waals surface area contributed by atoms with Gasteiger partial charge < -0.3 is 15.2 Å². The minimum absolute atomic E-state index is 0.0893. The van der Waals surface area contributed by atoms with Crippen LogP contribution in [0, 0.1) is 10.8 Å². The number of carbonyl (C=O) groups is 2. The van der Waals surface area contributed by atoms with Crippen LogP contribution in [0.5, 0.6) is 0 Å². The van der Waals surface area contributed by atoms with E-state index in [0.717, 1.165) is 25.7 Å². The van der Waals surface area contributed by atoms with Gasteiger partial charge in [0.25, 0.3) is 0 Å². The van der Waals surface area contributed by atoms with Crippen LogP contribution in [0.2, 0.25) is 0 Å². The van der Waals surface area contributed by atoms with Crippen LogP contribution in [0.4, 0.5) is 4.79 Å². The molecule has 1 atom stereocenters. The number of nitrogens with one attached hydrogen (secondary N) is 1. The molecule has 1 amide bonds. The maximum atomic E-state index is 11.7. The molecule has 0 bridgehead atoms. The first-order chi connectivity index (χ1) is 9.20. The van der Waals surface area contributed by atoms with Gasteiger partial charge in [-0.25, -0.2) is 9.59 Å². The summed E-state index contributed by atoms with van der Waals surface area (Å²) in [5.41, 5.74) is -0.475. The summed E-state index contributed by atoms with van der Waals surface area (Å²) >= 11 is 0. The van der Waals surface area contributed by atoms with Crippen LogP contribution < -0.4 is 5.32 Å². The lowest BCUT2D eigenvalue weighted by Crippen LogP contribution is -2.49. The SMILES string of the molecule is C=CCCC1(COC(=O)N[C@H](C(=O)O)C(C)(C)C)CC1. The third kappa shape index (κ3) is 4.87. The number of amides is 1. The van der Waals surface area contributed by atoms with Crippen LogP contribution >= 0.6 is 0 Å². The minimum atomic E-state index is -1.05. The van der Waals surface area contributed by atoms with Crippen molar-refractivity contribution in [1.82, 2.24) is 5.32 Å². The molecular weight excluding hydrogens is 258 g/mol. The normalized spacial score (nSPS) is 17.9. The Morgan fingerprint density at radius 1 is 1.45 bits per heavy atom. The van der Waals surface area contributed by atoms with E-state index in [1.54, 1.807) is 20.8 Å². The Hall–Kier alpha value is -1.52. The molecule has 1 fully saturated rings. The van der Waals surface area contributed by atoms with E-state index in [4.69, 9.17) is 9.84 Å². The molecule has 20 heavy (non-hydrogen) atoms. The number of alkyl carbamates (subject to hydrolysis) is 1. The lowest BCUT2D eigenvalue weighted by atomic mass is 9.87. The fourth-order valence-corrected chi connectivity index (χ4v) is 2.08. The molecule has 0 aromatic heterocycles. The van der Waals surface area contributed by atoms with Crippen LogP contribution in [-0.4, -0.2) is 29.8 Å². The molecule has 114 valence electrons. The van der Waals surface area contributed by atoms with Crippen molar-refractivity contribution < 1.29 is 19.4 Å². The zero-order chi connectivity index (χ0) is 15.4. The fourth-order valence-electron chi connectivity index (χ4n) is 2.08. The Bertz CT molecular complexity index is 380. The monoisotopic (exact) mass is 283 g/mol. The summed E-state index contributed by atoms with van der Waals surface area (Å²) in [6.07, 6.45) is 5.18. The van der Waals surface area contributed by atoms with E-state index in [-0.39, 0.29) is 5.41 Å². The molecule has 0 spiro atoms. The maximum Gasteiger partial charge on any atom is 0.407 e. The van der Waals surface area contributed by atoms with Crippen molar-refractivity contribution in [2.75, 3.05) is 6.61 Å². The highest BCUT2D eigenvalue weighted by Gasteiger charge is 2.43. The van der Waals surface area contributed by atoms with Crippen LogP contribution in [0.3, 0.4) is 0 Å². The standard InChI is InChI=1S/C15H25NO4/c1-5-6-7-15(8-9-15)10-20-13(19)16-11(12(17)18)14(2,3)4/h5,11H,1,6-10H2,2-4H3,(H,16,19)(H,17,18)/t11-/m1/s1. The lowest BCUT2D eigenvalue weighted by Gasteiger charge is -2.27. The van der Waals surface area contributed by atoms with Gasteiger partial charge in [-0.1, -0.05) is 26.8 Å². The van der Waals surface area contributed by atoms with Gasteiger partial charge in [-0.05, 0) is 31.1 Å². The number of carboxylic acid groups (broad SMARTS) is 1. The summed E-state index contributed by atoms with van der Waals surface area (Å²) in [6.45, 7) is 9.32. The number of carboxylic acids is 1. The molecule has 1 saturated carbocycles.